The van der Waals surface area contributed by atoms with Gasteiger partial charge in [0.05, 0.1) is 18.1 Å². The third-order valence-electron chi connectivity index (χ3n) is 2.30. The van der Waals surface area contributed by atoms with E-state index in [1.54, 1.807) is 18.5 Å². The number of epoxide rings is 1. The average molecular weight is 197 g/mol. The van der Waals surface area contributed by atoms with E-state index < -0.39 is 0 Å². The molecule has 1 unspecified atom stereocenters. The van der Waals surface area contributed by atoms with Gasteiger partial charge in [0.15, 0.2) is 0 Å². The Hall–Kier alpha value is -1.43. The second kappa shape index (κ2) is 3.06. The molecular weight excluding hydrogens is 186 g/mol. The van der Waals surface area contributed by atoms with Crippen molar-refractivity contribution in [1.82, 2.24) is 9.78 Å². The predicted octanol–water partition coefficient (Wildman–Crippen LogP) is 0.807. The van der Waals surface area contributed by atoms with Gasteiger partial charge in [0.1, 0.15) is 17.5 Å². The second-order valence-corrected chi connectivity index (χ2v) is 3.41. The van der Waals surface area contributed by atoms with Crippen molar-refractivity contribution in [3.63, 3.8) is 0 Å². The van der Waals surface area contributed by atoms with Crippen LogP contribution in [0, 0.1) is 24.0 Å². The largest absolute Gasteiger partial charge is 0.371 e. The van der Waals surface area contributed by atoms with E-state index >= 15 is 0 Å². The lowest BCUT2D eigenvalue weighted by atomic mass is 10.3. The molecule has 0 aliphatic carbocycles. The minimum atomic E-state index is -0.387. The van der Waals surface area contributed by atoms with Crippen molar-refractivity contribution in [2.45, 2.75) is 26.5 Å². The maximum Gasteiger partial charge on any atom is 0.312 e. The fraction of sp³-hybridized carbons (Fsp3) is 0.625. The van der Waals surface area contributed by atoms with Gasteiger partial charge in [-0.05, 0) is 13.8 Å². The van der Waals surface area contributed by atoms with E-state index in [1.165, 1.54) is 0 Å². The van der Waals surface area contributed by atoms with Crippen LogP contribution in [0.3, 0.4) is 0 Å². The number of nitrogens with zero attached hydrogens (tertiary/aromatic N) is 3. The molecule has 0 aromatic carbocycles. The highest BCUT2D eigenvalue weighted by Gasteiger charge is 2.28. The molecule has 1 saturated heterocycles. The van der Waals surface area contributed by atoms with Crippen LogP contribution < -0.4 is 0 Å². The van der Waals surface area contributed by atoms with Crippen LogP contribution in [-0.2, 0) is 11.3 Å². The summed E-state index contributed by atoms with van der Waals surface area (Å²) in [6.07, 6.45) is 0.188. The first-order chi connectivity index (χ1) is 6.59. The summed E-state index contributed by atoms with van der Waals surface area (Å²) < 4.78 is 6.69. The molecule has 2 rings (SSSR count). The Morgan fingerprint density at radius 3 is 2.79 bits per heavy atom. The lowest BCUT2D eigenvalue weighted by molar-refractivity contribution is -0.386. The van der Waals surface area contributed by atoms with Crippen LogP contribution in [0.25, 0.3) is 0 Å². The second-order valence-electron chi connectivity index (χ2n) is 3.41. The van der Waals surface area contributed by atoms with Gasteiger partial charge >= 0.3 is 5.69 Å². The Morgan fingerprint density at radius 2 is 2.36 bits per heavy atom. The maximum atomic E-state index is 10.7. The summed E-state index contributed by atoms with van der Waals surface area (Å²) in [5, 5.41) is 14.8. The lowest BCUT2D eigenvalue weighted by Crippen LogP contribution is -2.07. The van der Waals surface area contributed by atoms with Crippen molar-refractivity contribution in [3.8, 4) is 0 Å². The number of rotatable bonds is 3. The van der Waals surface area contributed by atoms with Crippen LogP contribution in [0.1, 0.15) is 11.4 Å². The molecule has 1 aromatic rings. The highest BCUT2D eigenvalue weighted by molar-refractivity contribution is 5.39. The third kappa shape index (κ3) is 1.48. The molecule has 1 fully saturated rings. The molecule has 76 valence electrons. The maximum absolute atomic E-state index is 10.7. The van der Waals surface area contributed by atoms with Gasteiger partial charge in [0.2, 0.25) is 0 Å². The number of ether oxygens (including phenoxy) is 1. The molecule has 0 radical (unpaired) electrons. The van der Waals surface area contributed by atoms with Crippen LogP contribution >= 0.6 is 0 Å². The van der Waals surface area contributed by atoms with E-state index in [-0.39, 0.29) is 16.7 Å². The number of hydrogen-bond donors (Lipinski definition) is 0. The topological polar surface area (TPSA) is 73.5 Å². The van der Waals surface area contributed by atoms with Crippen LogP contribution in [-0.4, -0.2) is 27.4 Å². The summed E-state index contributed by atoms with van der Waals surface area (Å²) in [5.74, 6) is 0. The van der Waals surface area contributed by atoms with E-state index in [0.717, 1.165) is 6.61 Å². The molecule has 2 heterocycles. The molecule has 0 saturated carbocycles. The summed E-state index contributed by atoms with van der Waals surface area (Å²) in [6.45, 7) is 4.70. The van der Waals surface area contributed by atoms with E-state index in [4.69, 9.17) is 4.74 Å². The molecule has 1 aliphatic heterocycles. The molecule has 1 atom stereocenters. The fourth-order valence-electron chi connectivity index (χ4n) is 1.50. The predicted molar refractivity (Wildman–Crippen MR) is 48.1 cm³/mol. The van der Waals surface area contributed by atoms with Crippen molar-refractivity contribution >= 4 is 5.69 Å². The van der Waals surface area contributed by atoms with Crippen LogP contribution in [0.4, 0.5) is 5.69 Å². The molecule has 0 bridgehead atoms. The zero-order valence-electron chi connectivity index (χ0n) is 8.06. The third-order valence-corrected chi connectivity index (χ3v) is 2.30. The minimum absolute atomic E-state index is 0.116. The number of nitro groups is 1. The first-order valence-electron chi connectivity index (χ1n) is 4.39. The highest BCUT2D eigenvalue weighted by Crippen LogP contribution is 2.23. The summed E-state index contributed by atoms with van der Waals surface area (Å²) >= 11 is 0. The molecule has 6 nitrogen and oxygen atoms in total. The lowest BCUT2D eigenvalue weighted by Gasteiger charge is -1.98. The van der Waals surface area contributed by atoms with Crippen molar-refractivity contribution in [3.05, 3.63) is 21.5 Å². The molecular formula is C8H11N3O3. The molecule has 14 heavy (non-hydrogen) atoms. The zero-order chi connectivity index (χ0) is 10.3. The zero-order valence-corrected chi connectivity index (χ0v) is 8.06. The first-order valence-corrected chi connectivity index (χ1v) is 4.39. The molecule has 0 N–H and O–H groups in total. The van der Waals surface area contributed by atoms with Gasteiger partial charge in [-0.25, -0.2) is 0 Å². The van der Waals surface area contributed by atoms with Gasteiger partial charge in [0, 0.05) is 0 Å². The van der Waals surface area contributed by atoms with Crippen LogP contribution in [0.2, 0.25) is 0 Å². The monoisotopic (exact) mass is 197 g/mol. The Balaban J connectivity index is 2.32. The van der Waals surface area contributed by atoms with Crippen molar-refractivity contribution in [1.29, 1.82) is 0 Å². The van der Waals surface area contributed by atoms with Crippen molar-refractivity contribution in [2.24, 2.45) is 0 Å². The standard InChI is InChI=1S/C8H11N3O3/c1-5-8(11(12)13)6(2)10(9-5)3-7-4-14-7/h7H,3-4H2,1-2H3. The molecule has 0 spiro atoms. The minimum Gasteiger partial charge on any atom is -0.371 e. The van der Waals surface area contributed by atoms with Gasteiger partial charge in [-0.3, -0.25) is 14.8 Å². The summed E-state index contributed by atoms with van der Waals surface area (Å²) in [7, 11) is 0. The summed E-state index contributed by atoms with van der Waals surface area (Å²) in [4.78, 5) is 10.3. The highest BCUT2D eigenvalue weighted by atomic mass is 16.6. The summed E-state index contributed by atoms with van der Waals surface area (Å²) in [5.41, 5.74) is 1.18. The first kappa shape index (κ1) is 9.14. The van der Waals surface area contributed by atoms with E-state index in [0.29, 0.717) is 17.9 Å². The van der Waals surface area contributed by atoms with Crippen LogP contribution in [0.5, 0.6) is 0 Å². The number of aryl methyl sites for hydroxylation is 1. The van der Waals surface area contributed by atoms with E-state index in [2.05, 4.69) is 5.10 Å². The van der Waals surface area contributed by atoms with Crippen molar-refractivity contribution < 1.29 is 9.66 Å². The van der Waals surface area contributed by atoms with Crippen LogP contribution in [0.15, 0.2) is 0 Å². The van der Waals surface area contributed by atoms with E-state index in [9.17, 15) is 10.1 Å². The average Bonchev–Trinajstić information content (AvgIpc) is 2.81. The SMILES string of the molecule is Cc1nn(CC2CO2)c(C)c1[N+](=O)[O-]. The Labute approximate surface area is 80.6 Å². The number of hydrogen-bond acceptors (Lipinski definition) is 4. The summed E-state index contributed by atoms with van der Waals surface area (Å²) in [6, 6.07) is 0. The Bertz CT molecular complexity index is 381. The Morgan fingerprint density at radius 1 is 1.71 bits per heavy atom. The normalized spacial score (nSPS) is 19.7. The molecule has 0 amide bonds. The van der Waals surface area contributed by atoms with Crippen molar-refractivity contribution in [2.75, 3.05) is 6.61 Å². The van der Waals surface area contributed by atoms with Gasteiger partial charge < -0.3 is 4.74 Å². The molecule has 1 aliphatic rings. The van der Waals surface area contributed by atoms with Gasteiger partial charge in [-0.2, -0.15) is 5.10 Å². The smallest absolute Gasteiger partial charge is 0.312 e. The van der Waals surface area contributed by atoms with Gasteiger partial charge in [-0.1, -0.05) is 0 Å². The van der Waals surface area contributed by atoms with Gasteiger partial charge in [0.25, 0.3) is 0 Å². The number of aromatic nitrogens is 2. The quantitative estimate of drug-likeness (QED) is 0.408. The van der Waals surface area contributed by atoms with Gasteiger partial charge in [-0.15, -0.1) is 0 Å². The molecule has 6 heteroatoms. The fourth-order valence-corrected chi connectivity index (χ4v) is 1.50. The Kier molecular flexibility index (Phi) is 1.99. The molecule has 1 aromatic heterocycles. The van der Waals surface area contributed by atoms with E-state index in [1.807, 2.05) is 0 Å².